The Bertz CT molecular complexity index is 346. The summed E-state index contributed by atoms with van der Waals surface area (Å²) in [6.45, 7) is 7.25. The molecule has 1 aliphatic rings. The number of likely N-dealkylation sites (tertiary alicyclic amines) is 1. The summed E-state index contributed by atoms with van der Waals surface area (Å²) in [6, 6.07) is -0.378. The Balaban J connectivity index is 2.76. The molecule has 0 saturated carbocycles. The molecule has 0 spiro atoms. The lowest BCUT2D eigenvalue weighted by molar-refractivity contribution is -0.153. The number of unbranched alkanes of at least 4 members (excludes halogenated alkanes) is 1. The van der Waals surface area contributed by atoms with Crippen LogP contribution in [0, 0.1) is 0 Å². The van der Waals surface area contributed by atoms with Gasteiger partial charge in [-0.3, -0.25) is 14.5 Å². The summed E-state index contributed by atoms with van der Waals surface area (Å²) in [5.41, 5.74) is -0.851. The Hall–Kier alpha value is -1.10. The number of rotatable bonds is 8. The van der Waals surface area contributed by atoms with Gasteiger partial charge in [0.05, 0.1) is 6.04 Å². The van der Waals surface area contributed by atoms with Gasteiger partial charge in [-0.15, -0.1) is 0 Å². The zero-order valence-electron chi connectivity index (χ0n) is 12.9. The number of carboxylic acid groups (broad SMARTS) is 1. The molecule has 5 heteroatoms. The van der Waals surface area contributed by atoms with E-state index in [0.717, 1.165) is 25.7 Å². The highest BCUT2D eigenvalue weighted by Crippen LogP contribution is 2.35. The van der Waals surface area contributed by atoms with Gasteiger partial charge >= 0.3 is 5.97 Å². The molecule has 20 heavy (non-hydrogen) atoms. The Morgan fingerprint density at radius 1 is 1.35 bits per heavy atom. The Morgan fingerprint density at radius 3 is 2.60 bits per heavy atom. The van der Waals surface area contributed by atoms with E-state index < -0.39 is 11.5 Å². The molecular weight excluding hydrogens is 256 g/mol. The van der Waals surface area contributed by atoms with E-state index in [1.54, 1.807) is 0 Å². The number of hydrogen-bond acceptors (Lipinski definition) is 3. The number of carbonyl (C=O) groups excluding carboxylic acids is 1. The smallest absolute Gasteiger partial charge is 0.324 e. The van der Waals surface area contributed by atoms with E-state index in [9.17, 15) is 14.7 Å². The maximum Gasteiger partial charge on any atom is 0.324 e. The lowest BCUT2D eigenvalue weighted by atomic mass is 9.89. The number of nitrogens with zero attached hydrogens (tertiary/aromatic N) is 1. The summed E-state index contributed by atoms with van der Waals surface area (Å²) >= 11 is 0. The third kappa shape index (κ3) is 3.51. The average Bonchev–Trinajstić information content (AvgIpc) is 2.83. The minimum Gasteiger partial charge on any atom is -0.480 e. The van der Waals surface area contributed by atoms with Gasteiger partial charge in [-0.2, -0.15) is 0 Å². The lowest BCUT2D eigenvalue weighted by Gasteiger charge is -2.38. The largest absolute Gasteiger partial charge is 0.480 e. The van der Waals surface area contributed by atoms with Crippen LogP contribution in [0.5, 0.6) is 0 Å². The summed E-state index contributed by atoms with van der Waals surface area (Å²) < 4.78 is 0. The predicted octanol–water partition coefficient (Wildman–Crippen LogP) is 2.01. The van der Waals surface area contributed by atoms with Crippen LogP contribution in [0.4, 0.5) is 0 Å². The van der Waals surface area contributed by atoms with Crippen molar-refractivity contribution in [2.75, 3.05) is 13.1 Å². The SMILES string of the molecule is CCCCNC(=O)C(C)N1CCCC1(CCC)C(=O)O. The molecule has 2 atom stereocenters. The van der Waals surface area contributed by atoms with E-state index in [0.29, 0.717) is 25.9 Å². The normalized spacial score (nSPS) is 24.6. The summed E-state index contributed by atoms with van der Waals surface area (Å²) in [5.74, 6) is -0.841. The van der Waals surface area contributed by atoms with Gasteiger partial charge in [0.1, 0.15) is 5.54 Å². The van der Waals surface area contributed by atoms with Crippen molar-refractivity contribution in [3.8, 4) is 0 Å². The standard InChI is InChI=1S/C15H28N2O3/c1-4-6-10-16-13(18)12(3)17-11-7-9-15(17,8-5-2)14(19)20/h12H,4-11H2,1-3H3,(H,16,18)(H,19,20). The third-order valence-corrected chi connectivity index (χ3v) is 4.28. The van der Waals surface area contributed by atoms with Crippen molar-refractivity contribution < 1.29 is 14.7 Å². The molecule has 1 saturated heterocycles. The highest BCUT2D eigenvalue weighted by molar-refractivity contribution is 5.84. The van der Waals surface area contributed by atoms with Crippen LogP contribution in [0.3, 0.4) is 0 Å². The minimum atomic E-state index is -0.851. The Kier molecular flexibility index (Phi) is 6.46. The van der Waals surface area contributed by atoms with Crippen molar-refractivity contribution >= 4 is 11.9 Å². The summed E-state index contributed by atoms with van der Waals surface area (Å²) in [4.78, 5) is 25.8. The number of hydrogen-bond donors (Lipinski definition) is 2. The van der Waals surface area contributed by atoms with Crippen molar-refractivity contribution in [1.29, 1.82) is 0 Å². The van der Waals surface area contributed by atoms with Crippen LogP contribution in [-0.2, 0) is 9.59 Å². The van der Waals surface area contributed by atoms with E-state index in [4.69, 9.17) is 0 Å². The van der Waals surface area contributed by atoms with Crippen LogP contribution < -0.4 is 5.32 Å². The number of nitrogens with one attached hydrogen (secondary N) is 1. The van der Waals surface area contributed by atoms with Crippen LogP contribution in [0.1, 0.15) is 59.3 Å². The van der Waals surface area contributed by atoms with Crippen molar-refractivity contribution in [2.24, 2.45) is 0 Å². The van der Waals surface area contributed by atoms with Crippen molar-refractivity contribution in [3.05, 3.63) is 0 Å². The van der Waals surface area contributed by atoms with Gasteiger partial charge in [0.25, 0.3) is 0 Å². The second-order valence-corrected chi connectivity index (χ2v) is 5.70. The maximum atomic E-state index is 12.2. The van der Waals surface area contributed by atoms with Crippen LogP contribution in [0.15, 0.2) is 0 Å². The van der Waals surface area contributed by atoms with Crippen LogP contribution >= 0.6 is 0 Å². The predicted molar refractivity (Wildman–Crippen MR) is 78.6 cm³/mol. The second-order valence-electron chi connectivity index (χ2n) is 5.70. The fraction of sp³-hybridized carbons (Fsp3) is 0.867. The molecule has 0 radical (unpaired) electrons. The number of aliphatic carboxylic acids is 1. The van der Waals surface area contributed by atoms with Gasteiger partial charge < -0.3 is 10.4 Å². The van der Waals surface area contributed by atoms with Crippen molar-refractivity contribution in [3.63, 3.8) is 0 Å². The van der Waals surface area contributed by atoms with E-state index in [2.05, 4.69) is 12.2 Å². The first-order valence-corrected chi connectivity index (χ1v) is 7.77. The van der Waals surface area contributed by atoms with Crippen molar-refractivity contribution in [1.82, 2.24) is 10.2 Å². The first-order chi connectivity index (χ1) is 9.49. The molecule has 1 fully saturated rings. The van der Waals surface area contributed by atoms with E-state index in [1.165, 1.54) is 0 Å². The van der Waals surface area contributed by atoms with Gasteiger partial charge in [-0.25, -0.2) is 0 Å². The Labute approximate surface area is 121 Å². The third-order valence-electron chi connectivity index (χ3n) is 4.28. The molecule has 1 amide bonds. The fourth-order valence-electron chi connectivity index (χ4n) is 3.16. The first-order valence-electron chi connectivity index (χ1n) is 7.77. The number of carboxylic acids is 1. The molecule has 0 aromatic heterocycles. The monoisotopic (exact) mass is 284 g/mol. The van der Waals surface area contributed by atoms with E-state index in [-0.39, 0.29) is 11.9 Å². The van der Waals surface area contributed by atoms with E-state index >= 15 is 0 Å². The summed E-state index contributed by atoms with van der Waals surface area (Å²) in [7, 11) is 0. The molecule has 0 aromatic rings. The Morgan fingerprint density at radius 2 is 2.05 bits per heavy atom. The molecule has 0 aliphatic carbocycles. The molecule has 0 aromatic carbocycles. The minimum absolute atomic E-state index is 0.0536. The summed E-state index contributed by atoms with van der Waals surface area (Å²) in [5, 5.41) is 12.5. The molecule has 116 valence electrons. The molecule has 5 nitrogen and oxygen atoms in total. The highest BCUT2D eigenvalue weighted by Gasteiger charge is 2.49. The molecule has 1 heterocycles. The number of amides is 1. The molecule has 2 N–H and O–H groups in total. The first kappa shape index (κ1) is 17.0. The lowest BCUT2D eigenvalue weighted by Crippen LogP contribution is -2.57. The average molecular weight is 284 g/mol. The molecular formula is C15H28N2O3. The molecule has 0 bridgehead atoms. The van der Waals surface area contributed by atoms with Gasteiger partial charge in [-0.05, 0) is 32.6 Å². The summed E-state index contributed by atoms with van der Waals surface area (Å²) in [6.07, 6.45) is 4.90. The van der Waals surface area contributed by atoms with Gasteiger partial charge in [0, 0.05) is 13.1 Å². The quantitative estimate of drug-likeness (QED) is 0.669. The van der Waals surface area contributed by atoms with Gasteiger partial charge in [-0.1, -0.05) is 26.7 Å². The van der Waals surface area contributed by atoms with Gasteiger partial charge in [0.2, 0.25) is 5.91 Å². The zero-order chi connectivity index (χ0) is 15.2. The zero-order valence-corrected chi connectivity index (χ0v) is 12.9. The van der Waals surface area contributed by atoms with Crippen LogP contribution in [0.2, 0.25) is 0 Å². The highest BCUT2D eigenvalue weighted by atomic mass is 16.4. The van der Waals surface area contributed by atoms with Crippen LogP contribution in [0.25, 0.3) is 0 Å². The maximum absolute atomic E-state index is 12.2. The molecule has 1 rings (SSSR count). The molecule has 1 aliphatic heterocycles. The fourth-order valence-corrected chi connectivity index (χ4v) is 3.16. The van der Waals surface area contributed by atoms with Crippen LogP contribution in [-0.4, -0.2) is 46.6 Å². The topological polar surface area (TPSA) is 69.6 Å². The van der Waals surface area contributed by atoms with Gasteiger partial charge in [0.15, 0.2) is 0 Å². The molecule has 2 unspecified atom stereocenters. The second kappa shape index (κ2) is 7.62. The van der Waals surface area contributed by atoms with E-state index in [1.807, 2.05) is 18.7 Å². The van der Waals surface area contributed by atoms with Crippen molar-refractivity contribution in [2.45, 2.75) is 70.9 Å². The number of carbonyl (C=O) groups is 2.